The van der Waals surface area contributed by atoms with Crippen LogP contribution in [-0.2, 0) is 16.0 Å². The number of hydrogen-bond donors (Lipinski definition) is 1. The topological polar surface area (TPSA) is 46.2 Å². The van der Waals surface area contributed by atoms with Crippen LogP contribution in [-0.4, -0.2) is 17.7 Å². The fourth-order valence-corrected chi connectivity index (χ4v) is 3.62. The monoisotopic (exact) mass is 271 g/mol. The maximum atomic E-state index is 12.3. The van der Waals surface area contributed by atoms with E-state index in [2.05, 4.69) is 29.6 Å². The van der Waals surface area contributed by atoms with Crippen LogP contribution in [0.3, 0.4) is 0 Å². The molecule has 1 aromatic rings. The molecule has 106 valence electrons. The van der Waals surface area contributed by atoms with Gasteiger partial charge in [0.1, 0.15) is 0 Å². The highest BCUT2D eigenvalue weighted by Crippen LogP contribution is 2.59. The second-order valence-corrected chi connectivity index (χ2v) is 6.00. The van der Waals surface area contributed by atoms with E-state index >= 15 is 0 Å². The van der Waals surface area contributed by atoms with Gasteiger partial charge in [-0.1, -0.05) is 31.2 Å². The molecule has 3 rings (SSSR count). The number of aryl methyl sites for hydroxylation is 1. The Bertz CT molecular complexity index is 552. The number of nitrogens with one attached hydrogen (secondary N) is 1. The summed E-state index contributed by atoms with van der Waals surface area (Å²) in [6.07, 6.45) is 2.64. The normalized spacial score (nSPS) is 28.0. The zero-order valence-corrected chi connectivity index (χ0v) is 12.1. The first-order chi connectivity index (χ1) is 9.63. The molecule has 0 heterocycles. The Kier molecular flexibility index (Phi) is 3.36. The van der Waals surface area contributed by atoms with Crippen molar-refractivity contribution in [2.75, 3.05) is 0 Å². The number of rotatable bonds is 4. The van der Waals surface area contributed by atoms with E-state index in [4.69, 9.17) is 0 Å². The lowest BCUT2D eigenvalue weighted by Gasteiger charge is -2.13. The maximum Gasteiger partial charge on any atom is 0.224 e. The van der Waals surface area contributed by atoms with Crippen molar-refractivity contribution >= 4 is 11.7 Å². The molecule has 4 atom stereocenters. The molecule has 3 nitrogen and oxygen atoms in total. The molecule has 0 bridgehead atoms. The number of fused-ring (bicyclic) bond motifs is 3. The van der Waals surface area contributed by atoms with Crippen molar-refractivity contribution in [3.8, 4) is 0 Å². The van der Waals surface area contributed by atoms with E-state index in [1.165, 1.54) is 11.1 Å². The van der Waals surface area contributed by atoms with Gasteiger partial charge in [0.2, 0.25) is 5.91 Å². The van der Waals surface area contributed by atoms with Gasteiger partial charge in [0.05, 0.1) is 6.04 Å². The lowest BCUT2D eigenvalue weighted by atomic mass is 9.92. The summed E-state index contributed by atoms with van der Waals surface area (Å²) < 4.78 is 0. The summed E-state index contributed by atoms with van der Waals surface area (Å²) in [5.41, 5.74) is 2.74. The van der Waals surface area contributed by atoms with Gasteiger partial charge in [0.15, 0.2) is 5.78 Å². The van der Waals surface area contributed by atoms with E-state index in [0.29, 0.717) is 18.3 Å². The minimum atomic E-state index is -0.356. The molecule has 0 radical (unpaired) electrons. The Balaban J connectivity index is 1.70. The quantitative estimate of drug-likeness (QED) is 0.914. The Morgan fingerprint density at radius 1 is 1.35 bits per heavy atom. The first kappa shape index (κ1) is 13.3. The molecule has 0 saturated heterocycles. The Morgan fingerprint density at radius 2 is 2.10 bits per heavy atom. The zero-order valence-electron chi connectivity index (χ0n) is 12.1. The minimum Gasteiger partial charge on any atom is -0.346 e. The maximum absolute atomic E-state index is 12.3. The molecule has 0 aliphatic heterocycles. The number of ketones is 1. The van der Waals surface area contributed by atoms with Crippen molar-refractivity contribution in [1.82, 2.24) is 5.32 Å². The van der Waals surface area contributed by atoms with Gasteiger partial charge in [-0.05, 0) is 42.7 Å². The van der Waals surface area contributed by atoms with Gasteiger partial charge in [-0.2, -0.15) is 0 Å². The lowest BCUT2D eigenvalue weighted by Crippen LogP contribution is -2.39. The van der Waals surface area contributed by atoms with Crippen LogP contribution in [0.25, 0.3) is 0 Å². The molecule has 0 spiro atoms. The van der Waals surface area contributed by atoms with E-state index in [1.807, 2.05) is 6.92 Å². The SMILES string of the molecule is CCC(=O)C(C)NC(=O)C1C2CCc3ccccc3C21. The van der Waals surface area contributed by atoms with Crippen LogP contribution < -0.4 is 5.32 Å². The molecule has 20 heavy (non-hydrogen) atoms. The van der Waals surface area contributed by atoms with Crippen molar-refractivity contribution in [3.05, 3.63) is 35.4 Å². The Labute approximate surface area is 119 Å². The highest BCUT2D eigenvalue weighted by atomic mass is 16.2. The Hall–Kier alpha value is -1.64. The summed E-state index contributed by atoms with van der Waals surface area (Å²) >= 11 is 0. The third kappa shape index (κ3) is 2.15. The van der Waals surface area contributed by atoms with E-state index < -0.39 is 0 Å². The van der Waals surface area contributed by atoms with Crippen molar-refractivity contribution in [1.29, 1.82) is 0 Å². The van der Waals surface area contributed by atoms with E-state index in [0.717, 1.165) is 12.8 Å². The molecule has 1 fully saturated rings. The van der Waals surface area contributed by atoms with Gasteiger partial charge in [-0.15, -0.1) is 0 Å². The van der Waals surface area contributed by atoms with Crippen LogP contribution >= 0.6 is 0 Å². The van der Waals surface area contributed by atoms with E-state index in [9.17, 15) is 9.59 Å². The summed E-state index contributed by atoms with van der Waals surface area (Å²) in [7, 11) is 0. The zero-order chi connectivity index (χ0) is 14.3. The van der Waals surface area contributed by atoms with E-state index in [1.54, 1.807) is 6.92 Å². The molecular formula is C17H21NO2. The molecule has 2 aliphatic rings. The number of benzene rings is 1. The number of amides is 1. The smallest absolute Gasteiger partial charge is 0.224 e. The van der Waals surface area contributed by atoms with Gasteiger partial charge in [0.25, 0.3) is 0 Å². The fourth-order valence-electron chi connectivity index (χ4n) is 3.62. The standard InChI is InChI=1S/C17H21NO2/c1-3-14(19)10(2)18-17(20)16-13-9-8-11-6-4-5-7-12(11)15(13)16/h4-7,10,13,15-16H,3,8-9H2,1-2H3,(H,18,20). The molecule has 1 aromatic carbocycles. The lowest BCUT2D eigenvalue weighted by molar-refractivity contribution is -0.128. The predicted octanol–water partition coefficient (Wildman–Crippen LogP) is 2.45. The third-order valence-electron chi connectivity index (χ3n) is 4.82. The summed E-state index contributed by atoms with van der Waals surface area (Å²) in [5.74, 6) is 1.09. The van der Waals surface area contributed by atoms with Crippen LogP contribution in [0.2, 0.25) is 0 Å². The third-order valence-corrected chi connectivity index (χ3v) is 4.82. The summed E-state index contributed by atoms with van der Waals surface area (Å²) in [6.45, 7) is 3.61. The van der Waals surface area contributed by atoms with E-state index in [-0.39, 0.29) is 23.7 Å². The molecule has 2 aliphatic carbocycles. The number of hydrogen-bond acceptors (Lipinski definition) is 2. The molecule has 3 heteroatoms. The molecule has 1 saturated carbocycles. The largest absolute Gasteiger partial charge is 0.346 e. The second-order valence-electron chi connectivity index (χ2n) is 6.00. The van der Waals surface area contributed by atoms with Gasteiger partial charge in [0, 0.05) is 12.3 Å². The van der Waals surface area contributed by atoms with Crippen LogP contribution in [0.1, 0.15) is 43.7 Å². The van der Waals surface area contributed by atoms with Crippen LogP contribution in [0.15, 0.2) is 24.3 Å². The average molecular weight is 271 g/mol. The molecule has 4 unspecified atom stereocenters. The number of Topliss-reactive ketones (excluding diaryl/α,β-unsaturated/α-hetero) is 1. The summed E-state index contributed by atoms with van der Waals surface area (Å²) in [5, 5.41) is 2.89. The predicted molar refractivity (Wildman–Crippen MR) is 77.4 cm³/mol. The summed E-state index contributed by atoms with van der Waals surface area (Å²) in [4.78, 5) is 23.9. The number of carbonyl (C=O) groups excluding carboxylic acids is 2. The van der Waals surface area contributed by atoms with Crippen molar-refractivity contribution in [2.45, 2.75) is 45.1 Å². The fraction of sp³-hybridized carbons (Fsp3) is 0.529. The number of carbonyl (C=O) groups is 2. The van der Waals surface area contributed by atoms with Crippen molar-refractivity contribution in [2.24, 2.45) is 11.8 Å². The first-order valence-electron chi connectivity index (χ1n) is 7.54. The van der Waals surface area contributed by atoms with Crippen LogP contribution in [0.4, 0.5) is 0 Å². The molecule has 1 amide bonds. The first-order valence-corrected chi connectivity index (χ1v) is 7.54. The van der Waals surface area contributed by atoms with Gasteiger partial charge in [-0.3, -0.25) is 9.59 Å². The second kappa shape index (κ2) is 5.04. The highest BCUT2D eigenvalue weighted by molar-refractivity contribution is 5.91. The van der Waals surface area contributed by atoms with Gasteiger partial charge < -0.3 is 5.32 Å². The van der Waals surface area contributed by atoms with Gasteiger partial charge in [-0.25, -0.2) is 0 Å². The molecule has 1 N–H and O–H groups in total. The van der Waals surface area contributed by atoms with Crippen LogP contribution in [0, 0.1) is 11.8 Å². The average Bonchev–Trinajstić information content (AvgIpc) is 3.21. The van der Waals surface area contributed by atoms with Crippen LogP contribution in [0.5, 0.6) is 0 Å². The Morgan fingerprint density at radius 3 is 2.85 bits per heavy atom. The molecule has 0 aromatic heterocycles. The van der Waals surface area contributed by atoms with Crippen molar-refractivity contribution in [3.63, 3.8) is 0 Å². The minimum absolute atomic E-state index is 0.0611. The molecular weight excluding hydrogens is 250 g/mol. The summed E-state index contributed by atoms with van der Waals surface area (Å²) in [6, 6.07) is 8.09. The highest BCUT2D eigenvalue weighted by Gasteiger charge is 2.57. The van der Waals surface area contributed by atoms with Crippen molar-refractivity contribution < 1.29 is 9.59 Å². The van der Waals surface area contributed by atoms with Gasteiger partial charge >= 0.3 is 0 Å².